The van der Waals surface area contributed by atoms with Gasteiger partial charge in [0.05, 0.1) is 0 Å². The molecule has 0 saturated heterocycles. The van der Waals surface area contributed by atoms with Crippen LogP contribution in [0.25, 0.3) is 21.8 Å². The van der Waals surface area contributed by atoms with E-state index in [1.54, 1.807) is 0 Å². The summed E-state index contributed by atoms with van der Waals surface area (Å²) in [5.41, 5.74) is 2.07. The average Bonchev–Trinajstić information content (AvgIpc) is 3.09. The van der Waals surface area contributed by atoms with E-state index >= 15 is 0 Å². The van der Waals surface area contributed by atoms with E-state index in [2.05, 4.69) is 36.4 Å². The van der Waals surface area contributed by atoms with Crippen LogP contribution in [0, 0.1) is 0 Å². The molecular formula is C24H20BNO2. The fourth-order valence-corrected chi connectivity index (χ4v) is 4.31. The van der Waals surface area contributed by atoms with Crippen LogP contribution < -0.4 is 0 Å². The lowest BCUT2D eigenvalue weighted by Crippen LogP contribution is -2.46. The van der Waals surface area contributed by atoms with E-state index in [9.17, 15) is 10.0 Å². The summed E-state index contributed by atoms with van der Waals surface area (Å²) in [4.78, 5) is 0. The molecule has 2 N–H and O–H groups in total. The summed E-state index contributed by atoms with van der Waals surface area (Å²) in [5.74, 6) is 0.112. The van der Waals surface area contributed by atoms with Gasteiger partial charge in [-0.05, 0) is 17.7 Å². The van der Waals surface area contributed by atoms with E-state index in [-0.39, 0.29) is 5.92 Å². The first-order valence-electron chi connectivity index (χ1n) is 9.49. The molecule has 0 atom stereocenters. The first kappa shape index (κ1) is 17.1. The Labute approximate surface area is 164 Å². The molecule has 0 bridgehead atoms. The fourth-order valence-electron chi connectivity index (χ4n) is 4.31. The molecule has 4 aromatic rings. The quantitative estimate of drug-likeness (QED) is 0.417. The van der Waals surface area contributed by atoms with Crippen molar-refractivity contribution in [2.75, 3.05) is 0 Å². The van der Waals surface area contributed by atoms with Crippen molar-refractivity contribution in [3.05, 3.63) is 109 Å². The highest BCUT2D eigenvalue weighted by Gasteiger charge is 2.42. The second kappa shape index (κ2) is 6.52. The fraction of sp³-hybridized carbons (Fsp3) is 0.0833. The van der Waals surface area contributed by atoms with Crippen LogP contribution in [0.15, 0.2) is 103 Å². The summed E-state index contributed by atoms with van der Waals surface area (Å²) in [6.07, 6.45) is 7.96. The number of fused-ring (bicyclic) bond motifs is 3. The second-order valence-corrected chi connectivity index (χ2v) is 7.29. The molecule has 0 saturated carbocycles. The maximum atomic E-state index is 10.5. The lowest BCUT2D eigenvalue weighted by Gasteiger charge is -2.33. The van der Waals surface area contributed by atoms with Crippen LogP contribution in [0.4, 0.5) is 0 Å². The highest BCUT2D eigenvalue weighted by molar-refractivity contribution is 6.46. The molecule has 0 unspecified atom stereocenters. The Kier molecular flexibility index (Phi) is 3.97. The van der Waals surface area contributed by atoms with Crippen LogP contribution >= 0.6 is 0 Å². The number of nitrogens with zero attached hydrogens (tertiary/aromatic N) is 1. The molecular weight excluding hydrogens is 345 g/mol. The Bertz CT molecular complexity index is 1140. The zero-order valence-electron chi connectivity index (χ0n) is 15.3. The van der Waals surface area contributed by atoms with Crippen LogP contribution in [-0.4, -0.2) is 21.7 Å². The van der Waals surface area contributed by atoms with Gasteiger partial charge in [-0.15, -0.1) is 0 Å². The molecule has 0 spiro atoms. The van der Waals surface area contributed by atoms with Gasteiger partial charge in [0.2, 0.25) is 0 Å². The van der Waals surface area contributed by atoms with Crippen LogP contribution in [0.5, 0.6) is 0 Å². The zero-order valence-corrected chi connectivity index (χ0v) is 15.3. The second-order valence-electron chi connectivity index (χ2n) is 7.29. The minimum Gasteiger partial charge on any atom is -0.425 e. The molecule has 1 aliphatic rings. The molecule has 1 heterocycles. The Morgan fingerprint density at radius 1 is 0.679 bits per heavy atom. The highest BCUT2D eigenvalue weighted by atomic mass is 16.4. The van der Waals surface area contributed by atoms with Gasteiger partial charge in [-0.1, -0.05) is 91.0 Å². The zero-order chi connectivity index (χ0) is 19.1. The molecule has 0 amide bonds. The summed E-state index contributed by atoms with van der Waals surface area (Å²) >= 11 is 0. The van der Waals surface area contributed by atoms with Gasteiger partial charge in [-0.2, -0.15) is 0 Å². The van der Waals surface area contributed by atoms with E-state index in [1.165, 1.54) is 5.56 Å². The molecule has 1 aliphatic carbocycles. The third kappa shape index (κ3) is 2.46. The third-order valence-electron chi connectivity index (χ3n) is 5.71. The van der Waals surface area contributed by atoms with Gasteiger partial charge in [0.25, 0.3) is 0 Å². The predicted octanol–water partition coefficient (Wildman–Crippen LogP) is 4.41. The lowest BCUT2D eigenvalue weighted by molar-refractivity contribution is 0.353. The van der Waals surface area contributed by atoms with Gasteiger partial charge in [0.15, 0.2) is 0 Å². The van der Waals surface area contributed by atoms with Crippen LogP contribution in [0.1, 0.15) is 11.5 Å². The molecule has 0 aliphatic heterocycles. The van der Waals surface area contributed by atoms with Crippen molar-refractivity contribution in [1.82, 2.24) is 4.57 Å². The molecule has 1 aromatic heterocycles. The average molecular weight is 365 g/mol. The molecule has 0 fully saturated rings. The van der Waals surface area contributed by atoms with Crippen LogP contribution in [-0.2, 0) is 5.44 Å². The standard InChI is InChI=1S/C24H20BNO2/c27-25(28)24(16-14-19(15-17-24)18-8-2-1-3-9-18)26-22-12-6-4-10-20(22)21-11-5-7-13-23(21)26/h1-17,19,27-28H. The molecule has 4 heteroatoms. The van der Waals surface area contributed by atoms with Gasteiger partial charge in [-0.25, -0.2) is 0 Å². The Balaban J connectivity index is 1.73. The van der Waals surface area contributed by atoms with Crippen molar-refractivity contribution in [2.45, 2.75) is 11.4 Å². The Morgan fingerprint density at radius 3 is 1.71 bits per heavy atom. The van der Waals surface area contributed by atoms with E-state index in [0.29, 0.717) is 0 Å². The normalized spacial score (nSPS) is 21.4. The SMILES string of the molecule is OB(O)C1(n2c3ccccc3c3ccccc32)C=CC(c2ccccc2)C=C1. The van der Waals surface area contributed by atoms with Crippen molar-refractivity contribution >= 4 is 28.9 Å². The van der Waals surface area contributed by atoms with E-state index in [0.717, 1.165) is 21.8 Å². The molecule has 136 valence electrons. The lowest BCUT2D eigenvalue weighted by atomic mass is 9.62. The number of hydrogen-bond donors (Lipinski definition) is 2. The summed E-state index contributed by atoms with van der Waals surface area (Å²) in [6.45, 7) is 0. The van der Waals surface area contributed by atoms with Gasteiger partial charge in [-0.3, -0.25) is 0 Å². The first-order chi connectivity index (χ1) is 13.7. The monoisotopic (exact) mass is 365 g/mol. The number of hydrogen-bond acceptors (Lipinski definition) is 2. The van der Waals surface area contributed by atoms with Crippen molar-refractivity contribution in [1.29, 1.82) is 0 Å². The van der Waals surface area contributed by atoms with Gasteiger partial charge in [0.1, 0.15) is 5.44 Å². The number of aromatic nitrogens is 1. The maximum Gasteiger partial charge on any atom is 0.487 e. The van der Waals surface area contributed by atoms with Crippen molar-refractivity contribution in [3.63, 3.8) is 0 Å². The Hall–Kier alpha value is -3.08. The Morgan fingerprint density at radius 2 is 1.18 bits per heavy atom. The van der Waals surface area contributed by atoms with Crippen molar-refractivity contribution in [3.8, 4) is 0 Å². The minimum absolute atomic E-state index is 0.112. The number of benzene rings is 3. The molecule has 28 heavy (non-hydrogen) atoms. The molecule has 5 rings (SSSR count). The largest absolute Gasteiger partial charge is 0.487 e. The van der Waals surface area contributed by atoms with Gasteiger partial charge in [0, 0.05) is 27.7 Å². The first-order valence-corrected chi connectivity index (χ1v) is 9.49. The van der Waals surface area contributed by atoms with E-state index in [1.807, 2.05) is 71.3 Å². The van der Waals surface area contributed by atoms with Gasteiger partial charge < -0.3 is 14.6 Å². The van der Waals surface area contributed by atoms with E-state index in [4.69, 9.17) is 0 Å². The topological polar surface area (TPSA) is 45.4 Å². The molecule has 3 aromatic carbocycles. The van der Waals surface area contributed by atoms with Gasteiger partial charge >= 0.3 is 7.12 Å². The predicted molar refractivity (Wildman–Crippen MR) is 115 cm³/mol. The highest BCUT2D eigenvalue weighted by Crippen LogP contribution is 2.39. The van der Waals surface area contributed by atoms with E-state index < -0.39 is 12.6 Å². The summed E-state index contributed by atoms with van der Waals surface area (Å²) in [7, 11) is -1.57. The summed E-state index contributed by atoms with van der Waals surface area (Å²) in [6, 6.07) is 26.4. The molecule has 0 radical (unpaired) electrons. The van der Waals surface area contributed by atoms with Crippen LogP contribution in [0.3, 0.4) is 0 Å². The minimum atomic E-state index is -1.57. The summed E-state index contributed by atoms with van der Waals surface area (Å²) < 4.78 is 2.04. The summed E-state index contributed by atoms with van der Waals surface area (Å²) in [5, 5.41) is 23.2. The van der Waals surface area contributed by atoms with Crippen molar-refractivity contribution in [2.24, 2.45) is 0 Å². The number of para-hydroxylation sites is 2. The smallest absolute Gasteiger partial charge is 0.425 e. The maximum absolute atomic E-state index is 10.5. The molecule has 3 nitrogen and oxygen atoms in total. The number of allylic oxidation sites excluding steroid dienone is 4. The third-order valence-corrected chi connectivity index (χ3v) is 5.71. The van der Waals surface area contributed by atoms with Crippen molar-refractivity contribution < 1.29 is 10.0 Å². The number of rotatable bonds is 3. The van der Waals surface area contributed by atoms with Crippen LogP contribution in [0.2, 0.25) is 0 Å².